The Morgan fingerprint density at radius 1 is 0.300 bits per heavy atom. The highest BCUT2D eigenvalue weighted by atomic mass is 16.6. The maximum atomic E-state index is 12.4. The van der Waals surface area contributed by atoms with Crippen molar-refractivity contribution in [2.24, 2.45) is 0 Å². The normalized spacial score (nSPS) is 12.7. The third kappa shape index (κ3) is 67.6. The molecule has 0 rings (SSSR count). The van der Waals surface area contributed by atoms with Gasteiger partial charge in [-0.15, -0.1) is 0 Å². The van der Waals surface area contributed by atoms with Crippen LogP contribution in [-0.4, -0.2) is 36.4 Å². The number of carbonyl (C=O) groups excluding carboxylic acids is 2. The maximum Gasteiger partial charge on any atom is 0.306 e. The van der Waals surface area contributed by atoms with Crippen LogP contribution in [0.3, 0.4) is 0 Å². The molecule has 1 atom stereocenters. The minimum atomic E-state index is -0.775. The summed E-state index contributed by atoms with van der Waals surface area (Å²) in [4.78, 5) is 24.6. The lowest BCUT2D eigenvalue weighted by atomic mass is 10.0. The first kappa shape index (κ1) is 77.1. The highest BCUT2D eigenvalue weighted by Crippen LogP contribution is 2.18. The highest BCUT2D eigenvalue weighted by Gasteiger charge is 2.16. The molecule has 1 unspecified atom stereocenters. The number of carbonyl (C=O) groups is 2. The average molecular weight is 1120 g/mol. The first-order chi connectivity index (χ1) is 39.6. The molecule has 0 bridgehead atoms. The molecule has 0 saturated heterocycles. The van der Waals surface area contributed by atoms with Gasteiger partial charge in [-0.3, -0.25) is 9.59 Å². The van der Waals surface area contributed by atoms with Gasteiger partial charge in [0.2, 0.25) is 0 Å². The summed E-state index contributed by atoms with van der Waals surface area (Å²) in [5, 5.41) is 9.70. The lowest BCUT2D eigenvalue weighted by Crippen LogP contribution is -2.28. The van der Waals surface area contributed by atoms with Gasteiger partial charge in [0.15, 0.2) is 6.10 Å². The van der Waals surface area contributed by atoms with Crippen LogP contribution in [0, 0.1) is 0 Å². The number of allylic oxidation sites excluding steroid dienone is 14. The zero-order chi connectivity index (χ0) is 57.6. The number of rotatable bonds is 65. The number of aliphatic hydroxyl groups is 1. The number of hydrogen-bond donors (Lipinski definition) is 1. The molecule has 5 heteroatoms. The van der Waals surface area contributed by atoms with Gasteiger partial charge in [-0.2, -0.15) is 0 Å². The van der Waals surface area contributed by atoms with E-state index in [0.717, 1.165) is 77.0 Å². The molecule has 0 aromatic carbocycles. The lowest BCUT2D eigenvalue weighted by molar-refractivity contribution is -0.161. The number of hydrogen-bond acceptors (Lipinski definition) is 5. The van der Waals surface area contributed by atoms with Gasteiger partial charge in [-0.05, 0) is 89.9 Å². The summed E-state index contributed by atoms with van der Waals surface area (Å²) in [6, 6.07) is 0. The minimum absolute atomic E-state index is 0.0648. The molecular weight excluding hydrogens is 981 g/mol. The molecule has 0 aromatic rings. The van der Waals surface area contributed by atoms with E-state index in [2.05, 4.69) is 98.9 Å². The Bertz CT molecular complexity index is 1450. The smallest absolute Gasteiger partial charge is 0.306 e. The van der Waals surface area contributed by atoms with Gasteiger partial charge in [-0.25, -0.2) is 0 Å². The highest BCUT2D eigenvalue weighted by molar-refractivity contribution is 5.70. The Hall–Kier alpha value is -2.92. The van der Waals surface area contributed by atoms with Gasteiger partial charge in [0.1, 0.15) is 6.61 Å². The maximum absolute atomic E-state index is 12.4. The predicted molar refractivity (Wildman–Crippen MR) is 353 cm³/mol. The fourth-order valence-electron chi connectivity index (χ4n) is 10.4. The topological polar surface area (TPSA) is 72.8 Å². The van der Waals surface area contributed by atoms with Crippen LogP contribution >= 0.6 is 0 Å². The van der Waals surface area contributed by atoms with Gasteiger partial charge >= 0.3 is 11.9 Å². The number of ether oxygens (including phenoxy) is 2. The molecule has 0 aromatic heterocycles. The van der Waals surface area contributed by atoms with E-state index in [1.807, 2.05) is 0 Å². The van der Waals surface area contributed by atoms with Gasteiger partial charge in [-0.1, -0.05) is 343 Å². The Morgan fingerprint density at radius 3 is 0.812 bits per heavy atom. The fourth-order valence-corrected chi connectivity index (χ4v) is 10.4. The van der Waals surface area contributed by atoms with Crippen LogP contribution in [0.5, 0.6) is 0 Å². The van der Waals surface area contributed by atoms with Crippen molar-refractivity contribution in [2.45, 2.75) is 367 Å². The van der Waals surface area contributed by atoms with Gasteiger partial charge < -0.3 is 14.6 Å². The van der Waals surface area contributed by atoms with E-state index < -0.39 is 6.10 Å². The standard InChI is InChI=1S/C75H134O5/c1-3-5-7-9-11-13-15-17-19-21-23-25-27-29-31-32-33-34-35-36-37-38-39-40-41-42-44-46-48-50-52-54-56-58-60-62-64-66-68-70-75(78)80-73(71-76)72-79-74(77)69-67-65-63-61-59-57-55-53-51-49-47-45-43-30-28-26-24-22-20-18-16-14-12-10-8-6-4-2/h5,7,11,13,16-19,22-25,28,30,73,76H,3-4,6,8-10,12,14-15,20-21,26-27,29,31-72H2,1-2H3/b7-5-,13-11-,18-16-,19-17-,24-22-,25-23-,30-28-. The van der Waals surface area contributed by atoms with Crippen molar-refractivity contribution < 1.29 is 24.2 Å². The Balaban J connectivity index is 3.41. The van der Waals surface area contributed by atoms with Crippen molar-refractivity contribution in [3.63, 3.8) is 0 Å². The van der Waals surface area contributed by atoms with E-state index >= 15 is 0 Å². The minimum Gasteiger partial charge on any atom is -0.462 e. The zero-order valence-electron chi connectivity index (χ0n) is 53.3. The number of esters is 2. The molecule has 5 nitrogen and oxygen atoms in total. The summed E-state index contributed by atoms with van der Waals surface area (Å²) in [6.07, 6.45) is 99.1. The summed E-state index contributed by atoms with van der Waals surface area (Å²) in [7, 11) is 0. The van der Waals surface area contributed by atoms with Crippen molar-refractivity contribution in [3.05, 3.63) is 85.1 Å². The van der Waals surface area contributed by atoms with Gasteiger partial charge in [0.25, 0.3) is 0 Å². The summed E-state index contributed by atoms with van der Waals surface area (Å²) >= 11 is 0. The van der Waals surface area contributed by atoms with E-state index in [4.69, 9.17) is 9.47 Å². The molecule has 1 N–H and O–H groups in total. The quantitative estimate of drug-likeness (QED) is 0.0373. The van der Waals surface area contributed by atoms with Crippen LogP contribution in [0.2, 0.25) is 0 Å². The van der Waals surface area contributed by atoms with E-state index in [-0.39, 0.29) is 25.2 Å². The summed E-state index contributed by atoms with van der Waals surface area (Å²) in [6.45, 7) is 4.06. The Morgan fingerprint density at radius 2 is 0.537 bits per heavy atom. The third-order valence-corrected chi connectivity index (χ3v) is 15.7. The van der Waals surface area contributed by atoms with Crippen molar-refractivity contribution in [1.29, 1.82) is 0 Å². The Labute approximate surface area is 498 Å². The Kier molecular flexibility index (Phi) is 67.8. The fraction of sp³-hybridized carbons (Fsp3) is 0.787. The second-order valence-electron chi connectivity index (χ2n) is 23.6. The molecule has 0 saturated carbocycles. The molecule has 0 amide bonds. The molecule has 464 valence electrons. The monoisotopic (exact) mass is 1120 g/mol. The van der Waals surface area contributed by atoms with Crippen LogP contribution in [0.15, 0.2) is 85.1 Å². The molecule has 0 radical (unpaired) electrons. The first-order valence-electron chi connectivity index (χ1n) is 35.1. The average Bonchev–Trinajstić information content (AvgIpc) is 3.46. The van der Waals surface area contributed by atoms with Crippen LogP contribution in [0.4, 0.5) is 0 Å². The van der Waals surface area contributed by atoms with Crippen LogP contribution in [0.1, 0.15) is 361 Å². The second kappa shape index (κ2) is 70.3. The molecular formula is C75H134O5. The lowest BCUT2D eigenvalue weighted by Gasteiger charge is -2.15. The van der Waals surface area contributed by atoms with E-state index in [9.17, 15) is 14.7 Å². The molecule has 0 aliphatic heterocycles. The van der Waals surface area contributed by atoms with Crippen LogP contribution < -0.4 is 0 Å². The molecule has 0 aliphatic rings. The summed E-state index contributed by atoms with van der Waals surface area (Å²) in [5.41, 5.74) is 0. The van der Waals surface area contributed by atoms with E-state index in [1.165, 1.54) is 257 Å². The summed E-state index contributed by atoms with van der Waals surface area (Å²) < 4.78 is 10.8. The van der Waals surface area contributed by atoms with Crippen LogP contribution in [0.25, 0.3) is 0 Å². The van der Waals surface area contributed by atoms with Crippen molar-refractivity contribution in [2.75, 3.05) is 13.2 Å². The molecule has 0 fully saturated rings. The summed E-state index contributed by atoms with van der Waals surface area (Å²) in [5.74, 6) is -0.576. The van der Waals surface area contributed by atoms with Crippen molar-refractivity contribution in [1.82, 2.24) is 0 Å². The molecule has 0 aliphatic carbocycles. The van der Waals surface area contributed by atoms with Crippen LogP contribution in [-0.2, 0) is 19.1 Å². The van der Waals surface area contributed by atoms with Gasteiger partial charge in [0, 0.05) is 12.8 Å². The molecule has 80 heavy (non-hydrogen) atoms. The first-order valence-corrected chi connectivity index (χ1v) is 35.1. The zero-order valence-corrected chi connectivity index (χ0v) is 53.3. The van der Waals surface area contributed by atoms with E-state index in [0.29, 0.717) is 12.8 Å². The third-order valence-electron chi connectivity index (χ3n) is 15.7. The number of unbranched alkanes of at least 4 members (excludes halogenated alkanes) is 43. The second-order valence-corrected chi connectivity index (χ2v) is 23.6. The predicted octanol–water partition coefficient (Wildman–Crippen LogP) is 24.4. The number of aliphatic hydroxyl groups excluding tert-OH is 1. The van der Waals surface area contributed by atoms with E-state index in [1.54, 1.807) is 0 Å². The van der Waals surface area contributed by atoms with Crippen molar-refractivity contribution in [3.8, 4) is 0 Å². The SMILES string of the molecule is CC/C=C\C/C=C\C/C=C\C/C=C\CCCCCCCCCCCCCCCCCCCCCCCCCCCCC(=O)OC(CO)COC(=O)CCCCCCCCCCCCCC/C=C\C/C=C\C/C=C\CCCCCCC. The molecule has 0 spiro atoms. The van der Waals surface area contributed by atoms with Crippen molar-refractivity contribution >= 4 is 11.9 Å². The van der Waals surface area contributed by atoms with Gasteiger partial charge in [0.05, 0.1) is 6.61 Å². The molecule has 0 heterocycles. The largest absolute Gasteiger partial charge is 0.462 e.